The van der Waals surface area contributed by atoms with Crippen molar-refractivity contribution in [3.63, 3.8) is 0 Å². The number of carboxylic acid groups (broad SMARTS) is 1. The van der Waals surface area contributed by atoms with E-state index in [1.807, 2.05) is 0 Å². The van der Waals surface area contributed by atoms with Gasteiger partial charge in [-0.1, -0.05) is 0 Å². The van der Waals surface area contributed by atoms with Crippen LogP contribution in [0.5, 0.6) is 0 Å². The van der Waals surface area contributed by atoms with E-state index in [9.17, 15) is 14.9 Å². The van der Waals surface area contributed by atoms with E-state index in [0.29, 0.717) is 24.0 Å². The molecule has 0 radical (unpaired) electrons. The quantitative estimate of drug-likeness (QED) is 0.648. The second-order valence-corrected chi connectivity index (χ2v) is 5.74. The van der Waals surface area contributed by atoms with E-state index in [0.717, 1.165) is 4.70 Å². The van der Waals surface area contributed by atoms with Gasteiger partial charge in [0, 0.05) is 6.54 Å². The van der Waals surface area contributed by atoms with Gasteiger partial charge in [-0.3, -0.25) is 14.9 Å². The van der Waals surface area contributed by atoms with Gasteiger partial charge in [-0.2, -0.15) is 0 Å². The zero-order chi connectivity index (χ0) is 14.3. The summed E-state index contributed by atoms with van der Waals surface area (Å²) in [5, 5.41) is 23.2. The summed E-state index contributed by atoms with van der Waals surface area (Å²) in [6.45, 7) is 0.193. The Morgan fingerprint density at radius 2 is 2.30 bits per heavy atom. The van der Waals surface area contributed by atoms with E-state index in [2.05, 4.69) is 10.3 Å². The van der Waals surface area contributed by atoms with Crippen molar-refractivity contribution in [1.82, 2.24) is 4.98 Å². The molecule has 1 heterocycles. The van der Waals surface area contributed by atoms with Gasteiger partial charge >= 0.3 is 11.7 Å². The zero-order valence-electron chi connectivity index (χ0n) is 10.3. The Morgan fingerprint density at radius 1 is 1.55 bits per heavy atom. The lowest BCUT2D eigenvalue weighted by atomic mass is 10.1. The number of hydrogen-bond donors (Lipinski definition) is 2. The minimum atomic E-state index is -0.859. The second-order valence-electron chi connectivity index (χ2n) is 4.86. The van der Waals surface area contributed by atoms with Crippen molar-refractivity contribution >= 4 is 38.9 Å². The first-order chi connectivity index (χ1) is 9.53. The van der Waals surface area contributed by atoms with Crippen LogP contribution in [0.1, 0.15) is 12.8 Å². The number of aliphatic carboxylic acids is 1. The fourth-order valence-electron chi connectivity index (χ4n) is 2.13. The third-order valence-corrected chi connectivity index (χ3v) is 4.38. The molecule has 0 bridgehead atoms. The molecule has 0 amide bonds. The Bertz CT molecular complexity index is 708. The van der Waals surface area contributed by atoms with Crippen LogP contribution in [0.2, 0.25) is 0 Å². The van der Waals surface area contributed by atoms with Crippen molar-refractivity contribution < 1.29 is 14.8 Å². The maximum atomic E-state index is 11.2. The van der Waals surface area contributed by atoms with Crippen LogP contribution >= 0.6 is 11.3 Å². The summed E-state index contributed by atoms with van der Waals surface area (Å²) in [4.78, 5) is 25.9. The molecule has 0 unspecified atom stereocenters. The number of nitrogens with one attached hydrogen (secondary N) is 1. The highest BCUT2D eigenvalue weighted by molar-refractivity contribution is 7.16. The maximum absolute atomic E-state index is 11.2. The van der Waals surface area contributed by atoms with Crippen molar-refractivity contribution in [3.8, 4) is 0 Å². The number of nitro benzene ring substituents is 1. The van der Waals surface area contributed by atoms with Crippen LogP contribution < -0.4 is 5.32 Å². The Morgan fingerprint density at radius 3 is 2.90 bits per heavy atom. The van der Waals surface area contributed by atoms with Gasteiger partial charge in [-0.05, 0) is 25.0 Å². The topological polar surface area (TPSA) is 105 Å². The van der Waals surface area contributed by atoms with Gasteiger partial charge in [0.05, 0.1) is 20.5 Å². The molecule has 3 rings (SSSR count). The van der Waals surface area contributed by atoms with Crippen molar-refractivity contribution in [3.05, 3.63) is 27.8 Å². The molecule has 2 N–H and O–H groups in total. The smallest absolute Gasteiger partial charge is 0.319 e. The number of nitrogens with zero attached hydrogens (tertiary/aromatic N) is 2. The summed E-state index contributed by atoms with van der Waals surface area (Å²) in [6, 6.07) is 3.36. The molecule has 7 nitrogen and oxygen atoms in total. The Balaban J connectivity index is 1.93. The molecule has 1 aromatic carbocycles. The lowest BCUT2D eigenvalue weighted by Crippen LogP contribution is -2.24. The van der Waals surface area contributed by atoms with Crippen LogP contribution in [-0.2, 0) is 4.79 Å². The molecule has 8 heteroatoms. The molecular formula is C12H11N3O4S. The highest BCUT2D eigenvalue weighted by Gasteiger charge is 2.50. The molecule has 0 aliphatic heterocycles. The number of benzene rings is 1. The zero-order valence-corrected chi connectivity index (χ0v) is 11.1. The Labute approximate surface area is 117 Å². The summed E-state index contributed by atoms with van der Waals surface area (Å²) >= 11 is 1.33. The predicted octanol–water partition coefficient (Wildman–Crippen LogP) is 2.48. The monoisotopic (exact) mass is 293 g/mol. The largest absolute Gasteiger partial charge is 0.481 e. The van der Waals surface area contributed by atoms with E-state index in [-0.39, 0.29) is 12.2 Å². The molecule has 1 fully saturated rings. The normalized spacial score (nSPS) is 16.0. The van der Waals surface area contributed by atoms with Gasteiger partial charge in [0.2, 0.25) is 0 Å². The van der Waals surface area contributed by atoms with Gasteiger partial charge in [0.15, 0.2) is 5.52 Å². The number of anilines is 1. The van der Waals surface area contributed by atoms with Crippen LogP contribution in [0.3, 0.4) is 0 Å². The van der Waals surface area contributed by atoms with Crippen LogP contribution in [0, 0.1) is 15.5 Å². The lowest BCUT2D eigenvalue weighted by molar-refractivity contribution is -0.382. The number of rotatable bonds is 5. The molecule has 1 aromatic heterocycles. The SMILES string of the molecule is O=C(O)C1(CNc2ccc3scnc3c2[N+](=O)[O-])CC1. The van der Waals surface area contributed by atoms with E-state index < -0.39 is 16.3 Å². The first kappa shape index (κ1) is 12.8. The van der Waals surface area contributed by atoms with E-state index in [4.69, 9.17) is 5.11 Å². The fraction of sp³-hybridized carbons (Fsp3) is 0.333. The minimum Gasteiger partial charge on any atom is -0.481 e. The number of hydrogen-bond acceptors (Lipinski definition) is 6. The average Bonchev–Trinajstić information content (AvgIpc) is 3.06. The Kier molecular flexibility index (Phi) is 2.82. The summed E-state index contributed by atoms with van der Waals surface area (Å²) in [5.74, 6) is -0.859. The van der Waals surface area contributed by atoms with E-state index in [1.54, 1.807) is 17.6 Å². The van der Waals surface area contributed by atoms with Crippen LogP contribution in [-0.4, -0.2) is 27.5 Å². The number of fused-ring (bicyclic) bond motifs is 1. The van der Waals surface area contributed by atoms with E-state index in [1.165, 1.54) is 11.3 Å². The third kappa shape index (κ3) is 1.97. The van der Waals surface area contributed by atoms with Gasteiger partial charge in [-0.25, -0.2) is 4.98 Å². The molecule has 20 heavy (non-hydrogen) atoms. The highest BCUT2D eigenvalue weighted by atomic mass is 32.1. The highest BCUT2D eigenvalue weighted by Crippen LogP contribution is 2.46. The van der Waals surface area contributed by atoms with Crippen molar-refractivity contribution in [2.45, 2.75) is 12.8 Å². The molecule has 0 atom stereocenters. The number of aromatic nitrogens is 1. The second kappa shape index (κ2) is 4.41. The minimum absolute atomic E-state index is 0.0926. The standard InChI is InChI=1S/C12H11N3O4S/c16-11(17)12(3-4-12)5-13-7-1-2-8-9(14-6-20-8)10(7)15(18)19/h1-2,6,13H,3-5H2,(H,16,17). The van der Waals surface area contributed by atoms with Gasteiger partial charge < -0.3 is 10.4 Å². The van der Waals surface area contributed by atoms with Crippen LogP contribution in [0.4, 0.5) is 11.4 Å². The van der Waals surface area contributed by atoms with Gasteiger partial charge in [0.25, 0.3) is 0 Å². The van der Waals surface area contributed by atoms with Crippen LogP contribution in [0.15, 0.2) is 17.6 Å². The van der Waals surface area contributed by atoms with Gasteiger partial charge in [0.1, 0.15) is 5.69 Å². The molecule has 0 spiro atoms. The molecule has 104 valence electrons. The van der Waals surface area contributed by atoms with Crippen LogP contribution in [0.25, 0.3) is 10.2 Å². The maximum Gasteiger partial charge on any atom is 0.319 e. The van der Waals surface area contributed by atoms with E-state index >= 15 is 0 Å². The summed E-state index contributed by atoms with van der Waals surface area (Å²) < 4.78 is 0.738. The molecular weight excluding hydrogens is 282 g/mol. The number of nitro groups is 1. The first-order valence-electron chi connectivity index (χ1n) is 6.01. The number of carbonyl (C=O) groups is 1. The molecule has 2 aromatic rings. The molecule has 1 aliphatic carbocycles. The molecule has 1 saturated carbocycles. The summed E-state index contributed by atoms with van der Waals surface area (Å²) in [7, 11) is 0. The van der Waals surface area contributed by atoms with Crippen molar-refractivity contribution in [1.29, 1.82) is 0 Å². The summed E-state index contributed by atoms with van der Waals surface area (Å²) in [5.41, 5.74) is 1.35. The summed E-state index contributed by atoms with van der Waals surface area (Å²) in [6.07, 6.45) is 1.20. The average molecular weight is 293 g/mol. The predicted molar refractivity (Wildman–Crippen MR) is 74.1 cm³/mol. The number of thiazole rings is 1. The Hall–Kier alpha value is -2.22. The fourth-order valence-corrected chi connectivity index (χ4v) is 2.81. The third-order valence-electron chi connectivity index (χ3n) is 3.58. The lowest BCUT2D eigenvalue weighted by Gasteiger charge is -2.12. The molecule has 0 saturated heterocycles. The van der Waals surface area contributed by atoms with Crippen molar-refractivity contribution in [2.75, 3.05) is 11.9 Å². The first-order valence-corrected chi connectivity index (χ1v) is 6.89. The van der Waals surface area contributed by atoms with Crippen molar-refractivity contribution in [2.24, 2.45) is 5.41 Å². The number of carboxylic acids is 1. The van der Waals surface area contributed by atoms with Gasteiger partial charge in [-0.15, -0.1) is 11.3 Å². The molecule has 1 aliphatic rings.